The van der Waals surface area contributed by atoms with Gasteiger partial charge in [0.2, 0.25) is 10.0 Å². The molecule has 0 fully saturated rings. The molecular weight excluding hydrogens is 266 g/mol. The Morgan fingerprint density at radius 1 is 1.32 bits per heavy atom. The van der Waals surface area contributed by atoms with Gasteiger partial charge in [-0.1, -0.05) is 18.2 Å². The van der Waals surface area contributed by atoms with Crippen LogP contribution in [0.15, 0.2) is 24.3 Å². The van der Waals surface area contributed by atoms with E-state index < -0.39 is 26.7 Å². The van der Waals surface area contributed by atoms with Gasteiger partial charge in [0.15, 0.2) is 0 Å². The van der Waals surface area contributed by atoms with E-state index >= 15 is 0 Å². The largest absolute Gasteiger partial charge is 0.481 e. The van der Waals surface area contributed by atoms with Gasteiger partial charge in [0.25, 0.3) is 0 Å². The topological polar surface area (TPSA) is 74.7 Å². The Bertz CT molecular complexity index is 616. The van der Waals surface area contributed by atoms with Gasteiger partial charge in [-0.3, -0.25) is 9.10 Å². The Morgan fingerprint density at radius 2 is 1.89 bits per heavy atom. The standard InChI is InChI=1S/C13H17NO4S/c1-13(2,3)19(17,18)14-8-10(12(15)16)9-6-4-5-7-11(9)14/h4-7,10H,8H2,1-3H3,(H,15,16). The van der Waals surface area contributed by atoms with Gasteiger partial charge in [-0.2, -0.15) is 0 Å². The molecule has 1 unspecified atom stereocenters. The summed E-state index contributed by atoms with van der Waals surface area (Å²) in [6.07, 6.45) is 0. The molecule has 0 bridgehead atoms. The van der Waals surface area contributed by atoms with E-state index in [1.807, 2.05) is 0 Å². The lowest BCUT2D eigenvalue weighted by Crippen LogP contribution is -2.43. The highest BCUT2D eigenvalue weighted by molar-refractivity contribution is 7.94. The molecule has 6 heteroatoms. The third-order valence-corrected chi connectivity index (χ3v) is 5.77. The number of hydrogen-bond donors (Lipinski definition) is 1. The maximum atomic E-state index is 12.5. The summed E-state index contributed by atoms with van der Waals surface area (Å²) >= 11 is 0. The van der Waals surface area contributed by atoms with Crippen molar-refractivity contribution < 1.29 is 18.3 Å². The molecule has 19 heavy (non-hydrogen) atoms. The Labute approximate surface area is 112 Å². The van der Waals surface area contributed by atoms with Crippen LogP contribution in [-0.2, 0) is 14.8 Å². The number of anilines is 1. The van der Waals surface area contributed by atoms with E-state index in [-0.39, 0.29) is 6.54 Å². The van der Waals surface area contributed by atoms with E-state index in [0.717, 1.165) is 0 Å². The number of hydrogen-bond acceptors (Lipinski definition) is 3. The normalized spacial score (nSPS) is 19.3. The monoisotopic (exact) mass is 283 g/mol. The Kier molecular flexibility index (Phi) is 3.09. The van der Waals surface area contributed by atoms with Crippen LogP contribution >= 0.6 is 0 Å². The van der Waals surface area contributed by atoms with Crippen molar-refractivity contribution in [2.45, 2.75) is 31.4 Å². The number of sulfonamides is 1. The molecule has 0 saturated heterocycles. The summed E-state index contributed by atoms with van der Waals surface area (Å²) in [6, 6.07) is 6.77. The van der Waals surface area contributed by atoms with Crippen LogP contribution in [0.4, 0.5) is 5.69 Å². The lowest BCUT2D eigenvalue weighted by atomic mass is 10.0. The SMILES string of the molecule is CC(C)(C)S(=O)(=O)N1CC(C(=O)O)c2ccccc21. The highest BCUT2D eigenvalue weighted by Crippen LogP contribution is 2.40. The predicted molar refractivity (Wildman–Crippen MR) is 72.8 cm³/mol. The average molecular weight is 283 g/mol. The minimum Gasteiger partial charge on any atom is -0.481 e. The van der Waals surface area contributed by atoms with E-state index in [0.29, 0.717) is 11.3 Å². The van der Waals surface area contributed by atoms with Crippen LogP contribution in [0.2, 0.25) is 0 Å². The van der Waals surface area contributed by atoms with Gasteiger partial charge in [-0.15, -0.1) is 0 Å². The molecule has 0 radical (unpaired) electrons. The summed E-state index contributed by atoms with van der Waals surface area (Å²) in [5.41, 5.74) is 1.03. The second kappa shape index (κ2) is 4.23. The molecule has 0 aromatic heterocycles. The zero-order valence-electron chi connectivity index (χ0n) is 11.1. The molecule has 1 heterocycles. The van der Waals surface area contributed by atoms with Crippen molar-refractivity contribution in [1.82, 2.24) is 0 Å². The molecule has 5 nitrogen and oxygen atoms in total. The average Bonchev–Trinajstić information content (AvgIpc) is 2.67. The second-order valence-electron chi connectivity index (χ2n) is 5.60. The van der Waals surface area contributed by atoms with Crippen molar-refractivity contribution in [2.24, 2.45) is 0 Å². The summed E-state index contributed by atoms with van der Waals surface area (Å²) in [5, 5.41) is 9.22. The second-order valence-corrected chi connectivity index (χ2v) is 8.21. The van der Waals surface area contributed by atoms with Crippen molar-refractivity contribution in [2.75, 3.05) is 10.8 Å². The van der Waals surface area contributed by atoms with Crippen LogP contribution in [0, 0.1) is 0 Å². The maximum absolute atomic E-state index is 12.5. The Morgan fingerprint density at radius 3 is 2.42 bits per heavy atom. The van der Waals surface area contributed by atoms with Crippen molar-refractivity contribution in [3.05, 3.63) is 29.8 Å². The molecule has 0 amide bonds. The molecule has 0 saturated carbocycles. The molecule has 1 aliphatic rings. The van der Waals surface area contributed by atoms with Gasteiger partial charge in [-0.25, -0.2) is 8.42 Å². The molecule has 104 valence electrons. The number of rotatable bonds is 2. The van der Waals surface area contributed by atoms with E-state index in [4.69, 9.17) is 0 Å². The van der Waals surface area contributed by atoms with Crippen LogP contribution < -0.4 is 4.31 Å². The van der Waals surface area contributed by atoms with Gasteiger partial charge in [-0.05, 0) is 32.4 Å². The highest BCUT2D eigenvalue weighted by atomic mass is 32.2. The quantitative estimate of drug-likeness (QED) is 0.898. The zero-order valence-corrected chi connectivity index (χ0v) is 11.9. The number of carboxylic acids is 1. The van der Waals surface area contributed by atoms with Crippen molar-refractivity contribution in [3.8, 4) is 0 Å². The van der Waals surface area contributed by atoms with E-state index in [1.54, 1.807) is 45.0 Å². The fourth-order valence-electron chi connectivity index (χ4n) is 2.14. The van der Waals surface area contributed by atoms with Gasteiger partial charge < -0.3 is 5.11 Å². The summed E-state index contributed by atoms with van der Waals surface area (Å²) in [5.74, 6) is -1.80. The first kappa shape index (κ1) is 13.9. The zero-order chi connectivity index (χ0) is 14.4. The molecule has 1 N–H and O–H groups in total. The van der Waals surface area contributed by atoms with E-state index in [2.05, 4.69) is 0 Å². The molecule has 1 atom stereocenters. The van der Waals surface area contributed by atoms with Crippen LogP contribution in [0.3, 0.4) is 0 Å². The third kappa shape index (κ3) is 2.10. The number of aliphatic carboxylic acids is 1. The minimum absolute atomic E-state index is 0.0334. The van der Waals surface area contributed by atoms with E-state index in [9.17, 15) is 18.3 Å². The maximum Gasteiger partial charge on any atom is 0.312 e. The molecule has 1 aliphatic heterocycles. The minimum atomic E-state index is -3.59. The summed E-state index contributed by atoms with van der Waals surface area (Å²) in [4.78, 5) is 11.3. The van der Waals surface area contributed by atoms with Crippen molar-refractivity contribution in [3.63, 3.8) is 0 Å². The number of para-hydroxylation sites is 1. The first-order valence-electron chi connectivity index (χ1n) is 6.00. The van der Waals surface area contributed by atoms with Gasteiger partial charge in [0.05, 0.1) is 17.0 Å². The Hall–Kier alpha value is -1.56. The smallest absolute Gasteiger partial charge is 0.312 e. The van der Waals surface area contributed by atoms with Crippen molar-refractivity contribution >= 4 is 21.7 Å². The summed E-state index contributed by atoms with van der Waals surface area (Å²) in [7, 11) is -3.59. The number of nitrogens with zero attached hydrogens (tertiary/aromatic N) is 1. The van der Waals surface area contributed by atoms with Crippen LogP contribution in [0.1, 0.15) is 32.3 Å². The number of carbonyl (C=O) groups is 1. The molecule has 0 aliphatic carbocycles. The number of fused-ring (bicyclic) bond motifs is 1. The van der Waals surface area contributed by atoms with Gasteiger partial charge in [0, 0.05) is 0 Å². The lowest BCUT2D eigenvalue weighted by molar-refractivity contribution is -0.138. The summed E-state index contributed by atoms with van der Waals surface area (Å²) < 4.78 is 25.3. The van der Waals surface area contributed by atoms with Crippen molar-refractivity contribution in [1.29, 1.82) is 0 Å². The fraction of sp³-hybridized carbons (Fsp3) is 0.462. The van der Waals surface area contributed by atoms with Crippen LogP contribution in [0.5, 0.6) is 0 Å². The first-order valence-corrected chi connectivity index (χ1v) is 7.44. The predicted octanol–water partition coefficient (Wildman–Crippen LogP) is 1.80. The van der Waals surface area contributed by atoms with Gasteiger partial charge in [0.1, 0.15) is 5.92 Å². The highest BCUT2D eigenvalue weighted by Gasteiger charge is 2.43. The Balaban J connectivity index is 2.56. The first-order chi connectivity index (χ1) is 8.66. The van der Waals surface area contributed by atoms with E-state index in [1.165, 1.54) is 4.31 Å². The lowest BCUT2D eigenvalue weighted by Gasteiger charge is -2.28. The molecule has 2 rings (SSSR count). The van der Waals surface area contributed by atoms with Crippen LogP contribution in [0.25, 0.3) is 0 Å². The summed E-state index contributed by atoms with van der Waals surface area (Å²) in [6.45, 7) is 4.80. The third-order valence-electron chi connectivity index (χ3n) is 3.29. The fourth-order valence-corrected chi connectivity index (χ4v) is 3.57. The number of carboxylic acid groups (broad SMARTS) is 1. The van der Waals surface area contributed by atoms with Crippen LogP contribution in [-0.4, -0.2) is 30.8 Å². The molecule has 1 aromatic carbocycles. The molecule has 1 aromatic rings. The molecular formula is C13H17NO4S. The molecule has 0 spiro atoms. The van der Waals surface area contributed by atoms with Gasteiger partial charge >= 0.3 is 5.97 Å². The number of benzene rings is 1.